The van der Waals surface area contributed by atoms with Gasteiger partial charge in [-0.05, 0) is 50.2 Å². The second-order valence-electron chi connectivity index (χ2n) is 15.4. The van der Waals surface area contributed by atoms with E-state index in [1.165, 1.54) is 11.3 Å². The third-order valence-electron chi connectivity index (χ3n) is 9.84. The molecule has 13 heteroatoms. The molecule has 0 unspecified atom stereocenters. The Morgan fingerprint density at radius 2 is 1.80 bits per heavy atom. The van der Waals surface area contributed by atoms with Crippen molar-refractivity contribution >= 4 is 58.5 Å². The molecule has 2 heterocycles. The lowest BCUT2D eigenvalue weighted by Gasteiger charge is -2.31. The average Bonchev–Trinajstić information content (AvgIpc) is 3.67. The van der Waals surface area contributed by atoms with E-state index < -0.39 is 41.3 Å². The maximum Gasteiger partial charge on any atom is 0.289 e. The number of oxime groups is 1. The first-order chi connectivity index (χ1) is 23.8. The van der Waals surface area contributed by atoms with E-state index in [1.54, 1.807) is 23.9 Å². The summed E-state index contributed by atoms with van der Waals surface area (Å²) >= 11 is 7.83. The maximum absolute atomic E-state index is 14.6. The van der Waals surface area contributed by atoms with Crippen LogP contribution in [0.25, 0.3) is 0 Å². The van der Waals surface area contributed by atoms with Gasteiger partial charge in [-0.15, -0.1) is 0 Å². The lowest BCUT2D eigenvalue weighted by molar-refractivity contribution is -0.143. The fraction of sp³-hybridized carbons (Fsp3) is 0.676. The summed E-state index contributed by atoms with van der Waals surface area (Å²) in [6.07, 6.45) is 8.71. The van der Waals surface area contributed by atoms with Gasteiger partial charge in [0.25, 0.3) is 5.91 Å². The molecule has 1 saturated heterocycles. The van der Waals surface area contributed by atoms with E-state index in [0.717, 1.165) is 44.1 Å². The van der Waals surface area contributed by atoms with Crippen molar-refractivity contribution in [2.24, 2.45) is 11.1 Å². The van der Waals surface area contributed by atoms with E-state index in [0.29, 0.717) is 41.7 Å². The molecule has 11 nitrogen and oxygen atoms in total. The van der Waals surface area contributed by atoms with Gasteiger partial charge in [-0.1, -0.05) is 82.3 Å². The Morgan fingerprint density at radius 3 is 2.46 bits per heavy atom. The molecule has 1 spiro atoms. The fourth-order valence-corrected chi connectivity index (χ4v) is 8.12. The number of carbonyl (C=O) groups excluding carboxylic acids is 5. The number of ketones is 1. The molecule has 1 aromatic carbocycles. The molecule has 3 N–H and O–H groups in total. The SMILES string of the molecule is CCC[C@H](NC(=O)[C@@H]1C[C@]2(CC(c3cccc(Cl)c3)=NO2)CN1C(=O)[C@H](CSC(C)(C)C)NC(=O)CC1CCCCC1)C(=O)C(=O)NC1CC1. The van der Waals surface area contributed by atoms with Crippen LogP contribution in [0.1, 0.15) is 110 Å². The van der Waals surface area contributed by atoms with Crippen molar-refractivity contribution in [2.75, 3.05) is 12.3 Å². The highest BCUT2D eigenvalue weighted by atomic mass is 35.5. The number of likely N-dealkylation sites (tertiary alicyclic amines) is 1. The molecule has 2 saturated carbocycles. The summed E-state index contributed by atoms with van der Waals surface area (Å²) in [5.41, 5.74) is 0.429. The summed E-state index contributed by atoms with van der Waals surface area (Å²) < 4.78 is -0.182. The smallest absolute Gasteiger partial charge is 0.289 e. The van der Waals surface area contributed by atoms with Crippen LogP contribution in [-0.4, -0.2) is 86.8 Å². The molecule has 2 aliphatic heterocycles. The molecule has 0 aromatic heterocycles. The summed E-state index contributed by atoms with van der Waals surface area (Å²) in [4.78, 5) is 75.6. The van der Waals surface area contributed by atoms with Crippen LogP contribution in [0.5, 0.6) is 0 Å². The van der Waals surface area contributed by atoms with Crippen LogP contribution in [0.3, 0.4) is 0 Å². The molecule has 4 aliphatic rings. The van der Waals surface area contributed by atoms with Crippen molar-refractivity contribution in [1.82, 2.24) is 20.9 Å². The highest BCUT2D eigenvalue weighted by Gasteiger charge is 2.55. The molecule has 274 valence electrons. The van der Waals surface area contributed by atoms with Crippen molar-refractivity contribution in [1.29, 1.82) is 0 Å². The third kappa shape index (κ3) is 10.2. The number of amides is 4. The van der Waals surface area contributed by atoms with Crippen LogP contribution in [0, 0.1) is 5.92 Å². The second-order valence-corrected chi connectivity index (χ2v) is 17.7. The highest BCUT2D eigenvalue weighted by Crippen LogP contribution is 2.40. The van der Waals surface area contributed by atoms with Crippen molar-refractivity contribution in [2.45, 2.75) is 139 Å². The van der Waals surface area contributed by atoms with Gasteiger partial charge in [-0.2, -0.15) is 11.8 Å². The Bertz CT molecular complexity index is 1470. The van der Waals surface area contributed by atoms with E-state index in [-0.39, 0.29) is 42.0 Å². The Balaban J connectivity index is 1.38. The number of hydrogen-bond donors (Lipinski definition) is 3. The van der Waals surface area contributed by atoms with Crippen LogP contribution in [-0.2, 0) is 28.8 Å². The standard InChI is InChI=1S/C37H52ClN5O6S/c1-5-10-27(32(45)34(47)39-26-15-16-26)41-33(46)30-20-37(19-28(42-49-37)24-13-9-14-25(38)18-24)22-43(30)35(48)29(21-50-36(2,3)4)40-31(44)17-23-11-7-6-8-12-23/h9,13-14,18,23,26-27,29-30H,5-8,10-12,15-17,19-22H2,1-4H3,(H,39,47)(H,40,44)(H,41,46)/t27-,29-,30-,37+/m0/s1. The van der Waals surface area contributed by atoms with Crippen LogP contribution in [0.2, 0.25) is 5.02 Å². The van der Waals surface area contributed by atoms with Gasteiger partial charge in [0.2, 0.25) is 23.5 Å². The number of halogens is 1. The first-order valence-electron chi connectivity index (χ1n) is 18.2. The number of nitrogens with zero attached hydrogens (tertiary/aromatic N) is 2. The monoisotopic (exact) mass is 729 g/mol. The van der Waals surface area contributed by atoms with E-state index in [1.807, 2.05) is 19.1 Å². The van der Waals surface area contributed by atoms with Crippen molar-refractivity contribution in [3.05, 3.63) is 34.9 Å². The van der Waals surface area contributed by atoms with E-state index >= 15 is 0 Å². The molecule has 5 rings (SSSR count). The topological polar surface area (TPSA) is 146 Å². The predicted molar refractivity (Wildman–Crippen MR) is 195 cm³/mol. The predicted octanol–water partition coefficient (Wildman–Crippen LogP) is 4.92. The van der Waals surface area contributed by atoms with Gasteiger partial charge in [-0.3, -0.25) is 24.0 Å². The van der Waals surface area contributed by atoms with Gasteiger partial charge < -0.3 is 25.7 Å². The molecule has 0 bridgehead atoms. The van der Waals surface area contributed by atoms with Crippen LogP contribution < -0.4 is 16.0 Å². The number of rotatable bonds is 14. The van der Waals surface area contributed by atoms with E-state index in [4.69, 9.17) is 16.4 Å². The van der Waals surface area contributed by atoms with Gasteiger partial charge >= 0.3 is 0 Å². The number of thioether (sulfide) groups is 1. The summed E-state index contributed by atoms with van der Waals surface area (Å²) in [6.45, 7) is 8.09. The minimum atomic E-state index is -1.04. The molecular weight excluding hydrogens is 678 g/mol. The normalized spacial score (nSPS) is 23.5. The average molecular weight is 730 g/mol. The molecule has 4 amide bonds. The number of Topliss-reactive ketones (excluding diaryl/α,β-unsaturated/α-hetero) is 1. The lowest BCUT2D eigenvalue weighted by Crippen LogP contribution is -2.57. The van der Waals surface area contributed by atoms with Gasteiger partial charge in [-0.25, -0.2) is 0 Å². The Morgan fingerprint density at radius 1 is 1.06 bits per heavy atom. The molecule has 3 fully saturated rings. The van der Waals surface area contributed by atoms with Crippen LogP contribution >= 0.6 is 23.4 Å². The summed E-state index contributed by atoms with van der Waals surface area (Å²) in [7, 11) is 0. The number of nitrogens with one attached hydrogen (secondary N) is 3. The second kappa shape index (κ2) is 16.5. The minimum Gasteiger partial charge on any atom is -0.387 e. The van der Waals surface area contributed by atoms with E-state index in [2.05, 4.69) is 41.9 Å². The zero-order valence-corrected chi connectivity index (χ0v) is 31.3. The molecule has 0 radical (unpaired) electrons. The summed E-state index contributed by atoms with van der Waals surface area (Å²) in [5, 5.41) is 13.5. The number of carbonyl (C=O) groups is 5. The van der Waals surface area contributed by atoms with Crippen molar-refractivity contribution in [3.63, 3.8) is 0 Å². The summed E-state index contributed by atoms with van der Waals surface area (Å²) in [5.74, 6) is -1.89. The summed E-state index contributed by atoms with van der Waals surface area (Å²) in [6, 6.07) is 4.32. The third-order valence-corrected chi connectivity index (χ3v) is 11.4. The minimum absolute atomic E-state index is 0.00309. The van der Waals surface area contributed by atoms with Crippen LogP contribution in [0.4, 0.5) is 0 Å². The first-order valence-corrected chi connectivity index (χ1v) is 19.5. The van der Waals surface area contributed by atoms with Gasteiger partial charge in [0, 0.05) is 46.4 Å². The van der Waals surface area contributed by atoms with Crippen LogP contribution in [0.15, 0.2) is 29.4 Å². The largest absolute Gasteiger partial charge is 0.387 e. The zero-order valence-electron chi connectivity index (χ0n) is 29.7. The Hall–Kier alpha value is -3.12. The molecule has 4 atom stereocenters. The zero-order chi connectivity index (χ0) is 36.1. The van der Waals surface area contributed by atoms with Gasteiger partial charge in [0.05, 0.1) is 18.3 Å². The van der Waals surface area contributed by atoms with Gasteiger partial charge in [0.15, 0.2) is 5.60 Å². The molecular formula is C37H52ClN5O6S. The molecule has 50 heavy (non-hydrogen) atoms. The Labute approximate surface area is 304 Å². The fourth-order valence-electron chi connectivity index (χ4n) is 7.03. The lowest BCUT2D eigenvalue weighted by atomic mass is 9.87. The van der Waals surface area contributed by atoms with E-state index in [9.17, 15) is 24.0 Å². The maximum atomic E-state index is 14.6. The number of hydrogen-bond acceptors (Lipinski definition) is 8. The first kappa shape index (κ1) is 38.1. The Kier molecular flexibility index (Phi) is 12.6. The highest BCUT2D eigenvalue weighted by molar-refractivity contribution is 8.00. The van der Waals surface area contributed by atoms with Gasteiger partial charge in [0.1, 0.15) is 12.1 Å². The molecule has 2 aliphatic carbocycles. The molecule has 1 aromatic rings. The van der Waals surface area contributed by atoms with Crippen molar-refractivity contribution < 1.29 is 28.8 Å². The van der Waals surface area contributed by atoms with Crippen molar-refractivity contribution in [3.8, 4) is 0 Å². The quantitative estimate of drug-likeness (QED) is 0.231. The number of benzene rings is 1.